The van der Waals surface area contributed by atoms with Crippen molar-refractivity contribution in [2.75, 3.05) is 13.2 Å². The van der Waals surface area contributed by atoms with Gasteiger partial charge in [0.2, 0.25) is 0 Å². The summed E-state index contributed by atoms with van der Waals surface area (Å²) in [7, 11) is 0. The van der Waals surface area contributed by atoms with E-state index in [0.29, 0.717) is 12.6 Å². The van der Waals surface area contributed by atoms with Crippen LogP contribution in [0, 0.1) is 6.92 Å². The smallest absolute Gasteiger partial charge is 0.189 e. The maximum absolute atomic E-state index is 12.2. The molecule has 0 amide bonds. The molecule has 22 heavy (non-hydrogen) atoms. The van der Waals surface area contributed by atoms with Gasteiger partial charge < -0.3 is 15.0 Å². The van der Waals surface area contributed by atoms with Crippen LogP contribution in [0.15, 0.2) is 29.1 Å². The second kappa shape index (κ2) is 7.07. The maximum atomic E-state index is 12.2. The number of hydrogen-bond acceptors (Lipinski definition) is 3. The molecule has 1 fully saturated rings. The van der Waals surface area contributed by atoms with Crippen molar-refractivity contribution in [2.45, 2.75) is 45.3 Å². The summed E-state index contributed by atoms with van der Waals surface area (Å²) in [5, 5.41) is 4.17. The lowest BCUT2D eigenvalue weighted by molar-refractivity contribution is 0.0115. The Labute approximate surface area is 130 Å². The number of aromatic amines is 1. The fourth-order valence-corrected chi connectivity index (χ4v) is 3.03. The predicted molar refractivity (Wildman–Crippen MR) is 89.2 cm³/mol. The van der Waals surface area contributed by atoms with Crippen molar-refractivity contribution < 1.29 is 4.74 Å². The molecule has 0 saturated carbocycles. The van der Waals surface area contributed by atoms with Crippen LogP contribution in [-0.4, -0.2) is 24.2 Å². The molecule has 118 valence electrons. The Bertz CT molecular complexity index is 687. The summed E-state index contributed by atoms with van der Waals surface area (Å²) in [6.07, 6.45) is 5.09. The van der Waals surface area contributed by atoms with Gasteiger partial charge in [-0.15, -0.1) is 0 Å². The quantitative estimate of drug-likeness (QED) is 0.835. The van der Waals surface area contributed by atoms with Crippen molar-refractivity contribution in [1.29, 1.82) is 0 Å². The first-order chi connectivity index (χ1) is 10.7. The van der Waals surface area contributed by atoms with E-state index < -0.39 is 0 Å². The van der Waals surface area contributed by atoms with Crippen molar-refractivity contribution in [2.24, 2.45) is 0 Å². The number of H-pyrrole nitrogens is 1. The average molecular weight is 300 g/mol. The largest absolute Gasteiger partial charge is 0.378 e. The van der Waals surface area contributed by atoms with E-state index in [4.69, 9.17) is 4.74 Å². The zero-order chi connectivity index (χ0) is 15.4. The third-order valence-corrected chi connectivity index (χ3v) is 4.27. The second-order valence-electron chi connectivity index (χ2n) is 6.16. The van der Waals surface area contributed by atoms with Crippen LogP contribution in [-0.2, 0) is 11.3 Å². The first kappa shape index (κ1) is 15.3. The van der Waals surface area contributed by atoms with Gasteiger partial charge in [-0.05, 0) is 51.3 Å². The van der Waals surface area contributed by atoms with E-state index in [1.54, 1.807) is 6.07 Å². The lowest BCUT2D eigenvalue weighted by Gasteiger charge is -2.22. The van der Waals surface area contributed by atoms with Crippen molar-refractivity contribution in [3.8, 4) is 0 Å². The van der Waals surface area contributed by atoms with E-state index in [1.165, 1.54) is 19.3 Å². The van der Waals surface area contributed by atoms with E-state index in [0.717, 1.165) is 41.7 Å². The molecule has 2 N–H and O–H groups in total. The Kier molecular flexibility index (Phi) is 4.90. The van der Waals surface area contributed by atoms with Gasteiger partial charge in [0.15, 0.2) is 5.43 Å². The molecule has 1 aromatic carbocycles. The molecule has 1 atom stereocenters. The highest BCUT2D eigenvalue weighted by Gasteiger charge is 2.12. The van der Waals surface area contributed by atoms with Gasteiger partial charge in [-0.25, -0.2) is 0 Å². The number of aryl methyl sites for hydroxylation is 1. The van der Waals surface area contributed by atoms with E-state index in [1.807, 2.05) is 25.1 Å². The summed E-state index contributed by atoms with van der Waals surface area (Å²) >= 11 is 0. The molecule has 0 bridgehead atoms. The van der Waals surface area contributed by atoms with Crippen molar-refractivity contribution in [1.82, 2.24) is 10.3 Å². The van der Waals surface area contributed by atoms with E-state index >= 15 is 0 Å². The van der Waals surface area contributed by atoms with Crippen LogP contribution in [0.2, 0.25) is 0 Å². The van der Waals surface area contributed by atoms with Crippen molar-refractivity contribution in [3.05, 3.63) is 45.7 Å². The number of hydrogen-bond donors (Lipinski definition) is 2. The number of benzene rings is 1. The zero-order valence-electron chi connectivity index (χ0n) is 13.2. The third-order valence-electron chi connectivity index (χ3n) is 4.27. The van der Waals surface area contributed by atoms with Crippen LogP contribution in [0.1, 0.15) is 36.9 Å². The number of fused-ring (bicyclic) bond motifs is 1. The number of rotatable bonds is 5. The summed E-state index contributed by atoms with van der Waals surface area (Å²) in [5.74, 6) is 0. The molecular weight excluding hydrogens is 276 g/mol. The molecule has 0 radical (unpaired) electrons. The first-order valence-electron chi connectivity index (χ1n) is 8.17. The van der Waals surface area contributed by atoms with Crippen LogP contribution in [0.5, 0.6) is 0 Å². The molecule has 1 aliphatic heterocycles. The Morgan fingerprint density at radius 2 is 2.23 bits per heavy atom. The predicted octanol–water partition coefficient (Wildman–Crippen LogP) is 2.89. The lowest BCUT2D eigenvalue weighted by Crippen LogP contribution is -2.25. The van der Waals surface area contributed by atoms with Crippen LogP contribution < -0.4 is 10.7 Å². The minimum atomic E-state index is 0.0878. The van der Waals surface area contributed by atoms with Gasteiger partial charge in [0.05, 0.1) is 6.10 Å². The van der Waals surface area contributed by atoms with Gasteiger partial charge in [-0.3, -0.25) is 4.79 Å². The molecule has 4 heteroatoms. The average Bonchev–Trinajstić information content (AvgIpc) is 2.53. The summed E-state index contributed by atoms with van der Waals surface area (Å²) in [6, 6.07) is 7.64. The number of pyridine rings is 1. The Hall–Kier alpha value is -1.65. The molecule has 1 aliphatic rings. The van der Waals surface area contributed by atoms with E-state index in [-0.39, 0.29) is 5.43 Å². The molecule has 0 spiro atoms. The van der Waals surface area contributed by atoms with Gasteiger partial charge in [0.1, 0.15) is 0 Å². The molecule has 2 heterocycles. The highest BCUT2D eigenvalue weighted by molar-refractivity contribution is 5.79. The first-order valence-corrected chi connectivity index (χ1v) is 8.17. The molecule has 4 nitrogen and oxygen atoms in total. The molecule has 1 saturated heterocycles. The number of ether oxygens (including phenoxy) is 1. The van der Waals surface area contributed by atoms with E-state index in [2.05, 4.69) is 10.3 Å². The Balaban J connectivity index is 1.57. The third kappa shape index (κ3) is 3.76. The van der Waals surface area contributed by atoms with Gasteiger partial charge >= 0.3 is 0 Å². The zero-order valence-corrected chi connectivity index (χ0v) is 13.2. The minimum Gasteiger partial charge on any atom is -0.378 e. The maximum Gasteiger partial charge on any atom is 0.189 e. The fourth-order valence-electron chi connectivity index (χ4n) is 3.03. The fraction of sp³-hybridized carbons (Fsp3) is 0.500. The molecule has 3 rings (SSSR count). The van der Waals surface area contributed by atoms with Gasteiger partial charge in [-0.2, -0.15) is 0 Å². The molecule has 0 unspecified atom stereocenters. The topological polar surface area (TPSA) is 54.1 Å². The molecule has 1 aromatic heterocycles. The van der Waals surface area contributed by atoms with Crippen LogP contribution in [0.4, 0.5) is 0 Å². The SMILES string of the molecule is Cc1ccc2[nH]c(CNCC[C@@H]3CCCCO3)cc(=O)c2c1. The van der Waals surface area contributed by atoms with Gasteiger partial charge in [0.25, 0.3) is 0 Å². The van der Waals surface area contributed by atoms with Gasteiger partial charge in [0, 0.05) is 35.8 Å². The summed E-state index contributed by atoms with van der Waals surface area (Å²) < 4.78 is 5.72. The van der Waals surface area contributed by atoms with Crippen LogP contribution in [0.25, 0.3) is 10.9 Å². The van der Waals surface area contributed by atoms with E-state index in [9.17, 15) is 4.79 Å². The lowest BCUT2D eigenvalue weighted by atomic mass is 10.1. The highest BCUT2D eigenvalue weighted by atomic mass is 16.5. The number of aromatic nitrogens is 1. The Morgan fingerprint density at radius 1 is 1.32 bits per heavy atom. The number of nitrogens with one attached hydrogen (secondary N) is 2. The second-order valence-corrected chi connectivity index (χ2v) is 6.16. The van der Waals surface area contributed by atoms with Crippen LogP contribution >= 0.6 is 0 Å². The van der Waals surface area contributed by atoms with Crippen molar-refractivity contribution in [3.63, 3.8) is 0 Å². The minimum absolute atomic E-state index is 0.0878. The summed E-state index contributed by atoms with van der Waals surface area (Å²) in [5.41, 5.74) is 3.04. The summed E-state index contributed by atoms with van der Waals surface area (Å²) in [6.45, 7) is 4.51. The van der Waals surface area contributed by atoms with Gasteiger partial charge in [-0.1, -0.05) is 11.6 Å². The normalized spacial score (nSPS) is 18.7. The molecule has 0 aliphatic carbocycles. The molecule has 2 aromatic rings. The Morgan fingerprint density at radius 3 is 3.05 bits per heavy atom. The summed E-state index contributed by atoms with van der Waals surface area (Å²) in [4.78, 5) is 15.5. The highest BCUT2D eigenvalue weighted by Crippen LogP contribution is 2.15. The standard InChI is InChI=1S/C18H24N2O2/c1-13-5-6-17-16(10-13)18(21)11-14(20-17)12-19-8-7-15-4-2-3-9-22-15/h5-6,10-11,15,19H,2-4,7-9,12H2,1H3,(H,20,21)/t15-/m0/s1. The monoisotopic (exact) mass is 300 g/mol. The molecular formula is C18H24N2O2. The van der Waals surface area contributed by atoms with Crippen molar-refractivity contribution >= 4 is 10.9 Å². The van der Waals surface area contributed by atoms with Crippen LogP contribution in [0.3, 0.4) is 0 Å².